The number of aryl methyl sites for hydroxylation is 2. The van der Waals surface area contributed by atoms with Gasteiger partial charge in [-0.3, -0.25) is 0 Å². The number of rotatable bonds is 4. The number of hydrogen-bond donors (Lipinski definition) is 1. The Kier molecular flexibility index (Phi) is 2.96. The molecule has 1 aliphatic carbocycles. The Bertz CT molecular complexity index is 324. The molecule has 1 aromatic carbocycles. The SMILES string of the molecule is Cc1cccc(C)c1OC[C@H](N)C1CC1. The van der Waals surface area contributed by atoms with Crippen LogP contribution < -0.4 is 10.5 Å². The minimum absolute atomic E-state index is 0.212. The average molecular weight is 205 g/mol. The summed E-state index contributed by atoms with van der Waals surface area (Å²) >= 11 is 0. The molecule has 0 heterocycles. The standard InChI is InChI=1S/C13H19NO/c1-9-4-3-5-10(2)13(9)15-8-12(14)11-6-7-11/h3-5,11-12H,6-8,14H2,1-2H3/t12-/m0/s1. The normalized spacial score (nSPS) is 17.5. The van der Waals surface area contributed by atoms with Gasteiger partial charge in [-0.1, -0.05) is 18.2 Å². The lowest BCUT2D eigenvalue weighted by atomic mass is 10.1. The highest BCUT2D eigenvalue weighted by atomic mass is 16.5. The zero-order chi connectivity index (χ0) is 10.8. The molecule has 0 amide bonds. The van der Waals surface area contributed by atoms with Gasteiger partial charge in [-0.2, -0.15) is 0 Å². The summed E-state index contributed by atoms with van der Waals surface area (Å²) in [5.41, 5.74) is 8.39. The summed E-state index contributed by atoms with van der Waals surface area (Å²) in [6.45, 7) is 4.80. The summed E-state index contributed by atoms with van der Waals surface area (Å²) in [5.74, 6) is 1.71. The molecule has 0 aromatic heterocycles. The van der Waals surface area contributed by atoms with E-state index < -0.39 is 0 Å². The van der Waals surface area contributed by atoms with Crippen LogP contribution in [-0.2, 0) is 0 Å². The van der Waals surface area contributed by atoms with Crippen LogP contribution in [0.1, 0.15) is 24.0 Å². The maximum Gasteiger partial charge on any atom is 0.125 e. The highest BCUT2D eigenvalue weighted by Gasteiger charge is 2.28. The second-order valence-electron chi connectivity index (χ2n) is 4.53. The third-order valence-electron chi connectivity index (χ3n) is 3.06. The van der Waals surface area contributed by atoms with Crippen molar-refractivity contribution in [1.82, 2.24) is 0 Å². The first kappa shape index (κ1) is 10.5. The molecule has 15 heavy (non-hydrogen) atoms. The van der Waals surface area contributed by atoms with Crippen LogP contribution in [0.15, 0.2) is 18.2 Å². The van der Waals surface area contributed by atoms with Crippen LogP contribution in [0, 0.1) is 19.8 Å². The van der Waals surface area contributed by atoms with Gasteiger partial charge in [-0.25, -0.2) is 0 Å². The maximum absolute atomic E-state index is 6.00. The van der Waals surface area contributed by atoms with Gasteiger partial charge in [0.15, 0.2) is 0 Å². The molecule has 0 unspecified atom stereocenters. The lowest BCUT2D eigenvalue weighted by molar-refractivity contribution is 0.273. The van der Waals surface area contributed by atoms with E-state index in [2.05, 4.69) is 32.0 Å². The third-order valence-corrected chi connectivity index (χ3v) is 3.06. The van der Waals surface area contributed by atoms with E-state index >= 15 is 0 Å². The van der Waals surface area contributed by atoms with E-state index in [4.69, 9.17) is 10.5 Å². The number of benzene rings is 1. The summed E-state index contributed by atoms with van der Waals surface area (Å²) in [4.78, 5) is 0. The van der Waals surface area contributed by atoms with Gasteiger partial charge in [0, 0.05) is 6.04 Å². The Labute approximate surface area is 91.4 Å². The lowest BCUT2D eigenvalue weighted by Gasteiger charge is -2.15. The molecule has 2 N–H and O–H groups in total. The van der Waals surface area contributed by atoms with Gasteiger partial charge < -0.3 is 10.5 Å². The molecular formula is C13H19NO. The van der Waals surface area contributed by atoms with Gasteiger partial charge >= 0.3 is 0 Å². The zero-order valence-electron chi connectivity index (χ0n) is 9.49. The molecule has 1 fully saturated rings. The van der Waals surface area contributed by atoms with Crippen molar-refractivity contribution in [2.45, 2.75) is 32.7 Å². The Hall–Kier alpha value is -1.02. The van der Waals surface area contributed by atoms with Crippen molar-refractivity contribution in [3.63, 3.8) is 0 Å². The number of nitrogens with two attached hydrogens (primary N) is 1. The minimum Gasteiger partial charge on any atom is -0.491 e. The highest BCUT2D eigenvalue weighted by molar-refractivity contribution is 5.39. The lowest BCUT2D eigenvalue weighted by Crippen LogP contribution is -2.30. The Balaban J connectivity index is 1.97. The molecule has 0 aliphatic heterocycles. The zero-order valence-corrected chi connectivity index (χ0v) is 9.49. The molecule has 1 saturated carbocycles. The maximum atomic E-state index is 6.00. The molecule has 82 valence electrons. The second-order valence-corrected chi connectivity index (χ2v) is 4.53. The average Bonchev–Trinajstić information content (AvgIpc) is 2.99. The van der Waals surface area contributed by atoms with Crippen molar-refractivity contribution < 1.29 is 4.74 Å². The van der Waals surface area contributed by atoms with E-state index in [1.54, 1.807) is 0 Å². The quantitative estimate of drug-likeness (QED) is 0.819. The van der Waals surface area contributed by atoms with E-state index in [9.17, 15) is 0 Å². The van der Waals surface area contributed by atoms with Gasteiger partial charge in [-0.15, -0.1) is 0 Å². The molecule has 2 heteroatoms. The molecule has 0 spiro atoms. The van der Waals surface area contributed by atoms with E-state index in [1.165, 1.54) is 24.0 Å². The Morgan fingerprint density at radius 3 is 2.47 bits per heavy atom. The third kappa shape index (κ3) is 2.51. The molecule has 2 rings (SSSR count). The summed E-state index contributed by atoms with van der Waals surface area (Å²) in [5, 5.41) is 0. The van der Waals surface area contributed by atoms with Crippen LogP contribution in [0.2, 0.25) is 0 Å². The summed E-state index contributed by atoms with van der Waals surface area (Å²) < 4.78 is 5.81. The van der Waals surface area contributed by atoms with Crippen LogP contribution >= 0.6 is 0 Å². The van der Waals surface area contributed by atoms with Gasteiger partial charge in [-0.05, 0) is 43.7 Å². The van der Waals surface area contributed by atoms with Crippen LogP contribution in [0.3, 0.4) is 0 Å². The Morgan fingerprint density at radius 2 is 1.93 bits per heavy atom. The number of para-hydroxylation sites is 1. The van der Waals surface area contributed by atoms with Crippen LogP contribution in [-0.4, -0.2) is 12.6 Å². The first-order valence-corrected chi connectivity index (χ1v) is 5.63. The van der Waals surface area contributed by atoms with Crippen LogP contribution in [0.5, 0.6) is 5.75 Å². The molecule has 1 aliphatic rings. The number of hydrogen-bond acceptors (Lipinski definition) is 2. The predicted octanol–water partition coefficient (Wildman–Crippen LogP) is 2.42. The van der Waals surface area contributed by atoms with E-state index in [0.29, 0.717) is 12.5 Å². The second kappa shape index (κ2) is 4.23. The summed E-state index contributed by atoms with van der Waals surface area (Å²) in [6, 6.07) is 6.41. The smallest absolute Gasteiger partial charge is 0.125 e. The van der Waals surface area contributed by atoms with Crippen molar-refractivity contribution in [2.24, 2.45) is 11.7 Å². The topological polar surface area (TPSA) is 35.2 Å². The Morgan fingerprint density at radius 1 is 1.33 bits per heavy atom. The molecular weight excluding hydrogens is 186 g/mol. The van der Waals surface area contributed by atoms with Crippen molar-refractivity contribution in [2.75, 3.05) is 6.61 Å². The monoisotopic (exact) mass is 205 g/mol. The summed E-state index contributed by atoms with van der Waals surface area (Å²) in [6.07, 6.45) is 2.55. The molecule has 0 bridgehead atoms. The van der Waals surface area contributed by atoms with Gasteiger partial charge in [0.25, 0.3) is 0 Å². The minimum atomic E-state index is 0.212. The predicted molar refractivity (Wildman–Crippen MR) is 62.1 cm³/mol. The first-order chi connectivity index (χ1) is 7.18. The first-order valence-electron chi connectivity index (χ1n) is 5.63. The van der Waals surface area contributed by atoms with Gasteiger partial charge in [0.1, 0.15) is 12.4 Å². The molecule has 2 nitrogen and oxygen atoms in total. The van der Waals surface area contributed by atoms with Gasteiger partial charge in [0.2, 0.25) is 0 Å². The van der Waals surface area contributed by atoms with Crippen LogP contribution in [0.4, 0.5) is 0 Å². The van der Waals surface area contributed by atoms with E-state index in [0.717, 1.165) is 5.75 Å². The fourth-order valence-electron chi connectivity index (χ4n) is 1.87. The summed E-state index contributed by atoms with van der Waals surface area (Å²) in [7, 11) is 0. The van der Waals surface area contributed by atoms with Crippen molar-refractivity contribution >= 4 is 0 Å². The molecule has 0 radical (unpaired) electrons. The van der Waals surface area contributed by atoms with E-state index in [1.807, 2.05) is 0 Å². The highest BCUT2D eigenvalue weighted by Crippen LogP contribution is 2.32. The molecule has 0 saturated heterocycles. The molecule has 1 atom stereocenters. The van der Waals surface area contributed by atoms with Crippen molar-refractivity contribution in [3.8, 4) is 5.75 Å². The fourth-order valence-corrected chi connectivity index (χ4v) is 1.87. The largest absolute Gasteiger partial charge is 0.491 e. The van der Waals surface area contributed by atoms with E-state index in [-0.39, 0.29) is 6.04 Å². The van der Waals surface area contributed by atoms with Gasteiger partial charge in [0.05, 0.1) is 0 Å². The van der Waals surface area contributed by atoms with Crippen molar-refractivity contribution in [1.29, 1.82) is 0 Å². The fraction of sp³-hybridized carbons (Fsp3) is 0.538. The number of ether oxygens (including phenoxy) is 1. The van der Waals surface area contributed by atoms with Crippen molar-refractivity contribution in [3.05, 3.63) is 29.3 Å². The molecule has 1 aromatic rings. The van der Waals surface area contributed by atoms with Crippen LogP contribution in [0.25, 0.3) is 0 Å².